The van der Waals surface area contributed by atoms with Crippen molar-refractivity contribution in [2.24, 2.45) is 0 Å². The molecule has 144 valence electrons. The van der Waals surface area contributed by atoms with Crippen molar-refractivity contribution in [2.45, 2.75) is 31.5 Å². The molecule has 0 bridgehead atoms. The molecule has 7 heteroatoms. The van der Waals surface area contributed by atoms with Crippen LogP contribution in [0.25, 0.3) is 0 Å². The predicted molar refractivity (Wildman–Crippen MR) is 101 cm³/mol. The Morgan fingerprint density at radius 1 is 1.35 bits per heavy atom. The van der Waals surface area contributed by atoms with Gasteiger partial charge in [-0.15, -0.1) is 11.3 Å². The average Bonchev–Trinajstić information content (AvgIpc) is 3.20. The molecule has 2 atom stereocenters. The summed E-state index contributed by atoms with van der Waals surface area (Å²) in [6.07, 6.45) is 3.74. The largest absolute Gasteiger partial charge is 0.459 e. The lowest BCUT2D eigenvalue weighted by Crippen LogP contribution is -2.48. The Balaban J connectivity index is 1.67. The number of likely N-dealkylation sites (N-methyl/N-ethyl adjacent to an activating group) is 1. The summed E-state index contributed by atoms with van der Waals surface area (Å²) >= 11 is 1.69. The van der Waals surface area contributed by atoms with E-state index in [1.807, 2.05) is 17.0 Å². The number of amides is 1. The molecular formula is C19H28N2O4S. The Morgan fingerprint density at radius 3 is 2.85 bits per heavy atom. The van der Waals surface area contributed by atoms with Gasteiger partial charge >= 0.3 is 0 Å². The van der Waals surface area contributed by atoms with Crippen LogP contribution in [0.3, 0.4) is 0 Å². The molecule has 1 amide bonds. The van der Waals surface area contributed by atoms with Crippen molar-refractivity contribution in [3.63, 3.8) is 0 Å². The van der Waals surface area contributed by atoms with E-state index in [4.69, 9.17) is 14.6 Å². The maximum Gasteiger partial charge on any atom is 0.288 e. The smallest absolute Gasteiger partial charge is 0.288 e. The zero-order chi connectivity index (χ0) is 18.4. The third kappa shape index (κ3) is 5.07. The summed E-state index contributed by atoms with van der Waals surface area (Å²) < 4.78 is 11.8. The quantitative estimate of drug-likeness (QED) is 0.734. The Kier molecular flexibility index (Phi) is 7.07. The van der Waals surface area contributed by atoms with E-state index >= 15 is 0 Å². The van der Waals surface area contributed by atoms with Gasteiger partial charge in [0.15, 0.2) is 5.76 Å². The van der Waals surface area contributed by atoms with Gasteiger partial charge in [-0.1, -0.05) is 6.07 Å². The van der Waals surface area contributed by atoms with Crippen molar-refractivity contribution in [1.82, 2.24) is 9.80 Å². The number of nitrogens with zero attached hydrogens (tertiary/aromatic N) is 2. The molecule has 0 saturated carbocycles. The fraction of sp³-hybridized carbons (Fsp3) is 0.632. The lowest BCUT2D eigenvalue weighted by atomic mass is 9.99. The van der Waals surface area contributed by atoms with Gasteiger partial charge in [0, 0.05) is 50.0 Å². The molecule has 0 radical (unpaired) electrons. The van der Waals surface area contributed by atoms with Gasteiger partial charge < -0.3 is 24.4 Å². The molecule has 1 N–H and O–H groups in total. The maximum absolute atomic E-state index is 12.9. The summed E-state index contributed by atoms with van der Waals surface area (Å²) in [6.45, 7) is 3.91. The molecule has 0 aliphatic carbocycles. The van der Waals surface area contributed by atoms with Gasteiger partial charge in [-0.3, -0.25) is 4.79 Å². The van der Waals surface area contributed by atoms with Gasteiger partial charge in [-0.25, -0.2) is 0 Å². The number of piperazine rings is 1. The normalized spacial score (nSPS) is 24.2. The minimum absolute atomic E-state index is 0.0386. The van der Waals surface area contributed by atoms with Crippen LogP contribution in [-0.2, 0) is 14.3 Å². The first-order valence-electron chi connectivity index (χ1n) is 9.29. The minimum Gasteiger partial charge on any atom is -0.459 e. The second kappa shape index (κ2) is 9.50. The number of thiophene rings is 1. The summed E-state index contributed by atoms with van der Waals surface area (Å²) in [5, 5.41) is 11.0. The number of aliphatic hydroxyl groups is 1. The molecule has 2 aliphatic heterocycles. The van der Waals surface area contributed by atoms with Gasteiger partial charge in [0.05, 0.1) is 6.61 Å². The number of carbonyl (C=O) groups excluding carboxylic acids is 1. The second-order valence-electron chi connectivity index (χ2n) is 6.83. The highest BCUT2D eigenvalue weighted by Crippen LogP contribution is 2.34. The molecule has 3 heterocycles. The number of allylic oxidation sites excluding steroid dienone is 1. The van der Waals surface area contributed by atoms with E-state index < -0.39 is 6.29 Å². The van der Waals surface area contributed by atoms with Crippen LogP contribution < -0.4 is 0 Å². The maximum atomic E-state index is 12.9. The fourth-order valence-electron chi connectivity index (χ4n) is 3.21. The van der Waals surface area contributed by atoms with Crippen LogP contribution in [0.2, 0.25) is 0 Å². The van der Waals surface area contributed by atoms with E-state index in [9.17, 15) is 4.79 Å². The van der Waals surface area contributed by atoms with Crippen LogP contribution >= 0.6 is 11.3 Å². The number of unbranched alkanes of at least 4 members (excludes halogenated alkanes) is 1. The molecule has 0 aromatic carbocycles. The van der Waals surface area contributed by atoms with E-state index in [2.05, 4.69) is 23.4 Å². The van der Waals surface area contributed by atoms with Crippen LogP contribution in [0.1, 0.15) is 30.1 Å². The van der Waals surface area contributed by atoms with Crippen LogP contribution in [0.5, 0.6) is 0 Å². The Morgan fingerprint density at radius 2 is 2.15 bits per heavy atom. The SMILES string of the molecule is CN1CCN(C(=O)C2=C[C@H](c3cccs3)C[C@H](OCCCCO)O2)CC1. The van der Waals surface area contributed by atoms with Crippen LogP contribution in [0.15, 0.2) is 29.3 Å². The molecule has 1 aromatic rings. The first kappa shape index (κ1) is 19.4. The number of rotatable bonds is 7. The van der Waals surface area contributed by atoms with Gasteiger partial charge in [0.25, 0.3) is 5.91 Å². The summed E-state index contributed by atoms with van der Waals surface area (Å²) in [4.78, 5) is 18.2. The van der Waals surface area contributed by atoms with Crippen molar-refractivity contribution >= 4 is 17.2 Å². The van der Waals surface area contributed by atoms with Crippen molar-refractivity contribution in [3.05, 3.63) is 34.2 Å². The number of hydrogen-bond donors (Lipinski definition) is 1. The van der Waals surface area contributed by atoms with Crippen molar-refractivity contribution in [1.29, 1.82) is 0 Å². The predicted octanol–water partition coefficient (Wildman–Crippen LogP) is 2.03. The number of aliphatic hydroxyl groups excluding tert-OH is 1. The van der Waals surface area contributed by atoms with E-state index in [0.29, 0.717) is 25.2 Å². The second-order valence-corrected chi connectivity index (χ2v) is 7.81. The highest BCUT2D eigenvalue weighted by molar-refractivity contribution is 7.10. The van der Waals surface area contributed by atoms with E-state index in [1.54, 1.807) is 11.3 Å². The van der Waals surface area contributed by atoms with Gasteiger partial charge in [-0.2, -0.15) is 0 Å². The lowest BCUT2D eigenvalue weighted by Gasteiger charge is -2.35. The van der Waals surface area contributed by atoms with Gasteiger partial charge in [0.1, 0.15) is 0 Å². The van der Waals surface area contributed by atoms with Gasteiger partial charge in [-0.05, 0) is 37.4 Å². The zero-order valence-electron chi connectivity index (χ0n) is 15.3. The number of hydrogen-bond acceptors (Lipinski definition) is 6. The Labute approximate surface area is 159 Å². The van der Waals surface area contributed by atoms with Crippen molar-refractivity contribution in [2.75, 3.05) is 46.4 Å². The highest BCUT2D eigenvalue weighted by atomic mass is 32.1. The molecule has 3 rings (SSSR count). The standard InChI is InChI=1S/C19H28N2O4S/c1-20-6-8-21(9-7-20)19(23)16-13-15(17-5-4-12-26-17)14-18(25-16)24-11-3-2-10-22/h4-5,12-13,15,18,22H,2-3,6-11,14H2,1H3/t15-,18+/m0/s1. The third-order valence-corrected chi connectivity index (χ3v) is 5.83. The average molecular weight is 381 g/mol. The topological polar surface area (TPSA) is 62.2 Å². The molecular weight excluding hydrogens is 352 g/mol. The molecule has 2 aliphatic rings. The minimum atomic E-state index is -0.419. The molecule has 1 fully saturated rings. The van der Waals surface area contributed by atoms with Crippen molar-refractivity contribution < 1.29 is 19.4 Å². The summed E-state index contributed by atoms with van der Waals surface area (Å²) in [5.74, 6) is 0.507. The van der Waals surface area contributed by atoms with E-state index in [-0.39, 0.29) is 18.4 Å². The number of carbonyl (C=O) groups is 1. The van der Waals surface area contributed by atoms with Crippen molar-refractivity contribution in [3.8, 4) is 0 Å². The molecule has 0 spiro atoms. The fourth-order valence-corrected chi connectivity index (χ4v) is 4.02. The van der Waals surface area contributed by atoms with E-state index in [0.717, 1.165) is 32.6 Å². The summed E-state index contributed by atoms with van der Waals surface area (Å²) in [5.41, 5.74) is 0. The Hall–Kier alpha value is -1.41. The first-order chi connectivity index (χ1) is 12.7. The lowest BCUT2D eigenvalue weighted by molar-refractivity contribution is -0.153. The molecule has 6 nitrogen and oxygen atoms in total. The Bertz CT molecular complexity index is 597. The van der Waals surface area contributed by atoms with Crippen LogP contribution in [-0.4, -0.2) is 73.5 Å². The van der Waals surface area contributed by atoms with Crippen LogP contribution in [0.4, 0.5) is 0 Å². The summed E-state index contributed by atoms with van der Waals surface area (Å²) in [6, 6.07) is 4.13. The van der Waals surface area contributed by atoms with Gasteiger partial charge in [0.2, 0.25) is 6.29 Å². The zero-order valence-corrected chi connectivity index (χ0v) is 16.1. The van der Waals surface area contributed by atoms with E-state index in [1.165, 1.54) is 4.88 Å². The third-order valence-electron chi connectivity index (χ3n) is 4.82. The van der Waals surface area contributed by atoms with Crippen LogP contribution in [0, 0.1) is 0 Å². The monoisotopic (exact) mass is 380 g/mol. The first-order valence-corrected chi connectivity index (χ1v) is 10.2. The highest BCUT2D eigenvalue weighted by Gasteiger charge is 2.32. The summed E-state index contributed by atoms with van der Waals surface area (Å²) in [7, 11) is 2.07. The number of ether oxygens (including phenoxy) is 2. The molecule has 1 saturated heterocycles. The molecule has 26 heavy (non-hydrogen) atoms. The molecule has 0 unspecified atom stereocenters. The molecule has 1 aromatic heterocycles.